The van der Waals surface area contributed by atoms with Crippen LogP contribution in [-0.4, -0.2) is 59.0 Å². The van der Waals surface area contributed by atoms with E-state index in [1.54, 1.807) is 16.2 Å². The zero-order valence-electron chi connectivity index (χ0n) is 15.9. The van der Waals surface area contributed by atoms with E-state index in [2.05, 4.69) is 11.0 Å². The third-order valence-electron chi connectivity index (χ3n) is 6.76. The van der Waals surface area contributed by atoms with Crippen LogP contribution in [0.2, 0.25) is 0 Å². The van der Waals surface area contributed by atoms with Crippen LogP contribution in [-0.2, 0) is 4.79 Å². The van der Waals surface area contributed by atoms with Gasteiger partial charge in [0.25, 0.3) is 5.91 Å². The maximum Gasteiger partial charge on any atom is 0.254 e. The lowest BCUT2D eigenvalue weighted by atomic mass is 9.78. The molecule has 1 saturated carbocycles. The number of carbonyl (C=O) groups is 2. The van der Waals surface area contributed by atoms with Gasteiger partial charge in [0.2, 0.25) is 5.91 Å². The van der Waals surface area contributed by atoms with Gasteiger partial charge in [-0.05, 0) is 56.4 Å². The van der Waals surface area contributed by atoms with E-state index in [1.165, 1.54) is 37.0 Å². The van der Waals surface area contributed by atoms with Gasteiger partial charge in [0.1, 0.15) is 6.61 Å². The zero-order chi connectivity index (χ0) is 18.8. The Bertz CT molecular complexity index is 679. The first-order valence-electron chi connectivity index (χ1n) is 10.5. The number of hydrogen-bond acceptors (Lipinski definition) is 4. The summed E-state index contributed by atoms with van der Waals surface area (Å²) in [7, 11) is 0. The Morgan fingerprint density at radius 2 is 1.78 bits per heavy atom. The molecule has 148 valence electrons. The molecule has 2 amide bonds. The van der Waals surface area contributed by atoms with Crippen molar-refractivity contribution in [3.63, 3.8) is 0 Å². The summed E-state index contributed by atoms with van der Waals surface area (Å²) in [6.07, 6.45) is 9.28. The summed E-state index contributed by atoms with van der Waals surface area (Å²) in [4.78, 5) is 30.0. The molecule has 2 saturated heterocycles. The highest BCUT2D eigenvalue weighted by atomic mass is 32.1. The van der Waals surface area contributed by atoms with Crippen molar-refractivity contribution in [1.82, 2.24) is 9.80 Å². The van der Waals surface area contributed by atoms with Crippen molar-refractivity contribution in [1.29, 1.82) is 0 Å². The highest BCUT2D eigenvalue weighted by Gasteiger charge is 2.36. The summed E-state index contributed by atoms with van der Waals surface area (Å²) in [5.74, 6) is 1.18. The van der Waals surface area contributed by atoms with Crippen LogP contribution in [0, 0.1) is 5.92 Å². The highest BCUT2D eigenvalue weighted by molar-refractivity contribution is 7.10. The highest BCUT2D eigenvalue weighted by Crippen LogP contribution is 2.37. The van der Waals surface area contributed by atoms with Gasteiger partial charge in [-0.2, -0.15) is 0 Å². The second-order valence-corrected chi connectivity index (χ2v) is 9.25. The van der Waals surface area contributed by atoms with Crippen LogP contribution in [0.15, 0.2) is 11.4 Å². The Morgan fingerprint density at radius 3 is 2.56 bits per heavy atom. The fraction of sp³-hybridized carbons (Fsp3) is 0.714. The molecule has 1 aromatic heterocycles. The third kappa shape index (κ3) is 3.92. The number of rotatable bonds is 3. The van der Waals surface area contributed by atoms with E-state index in [0.717, 1.165) is 31.4 Å². The Hall–Kier alpha value is -1.40. The number of likely N-dealkylation sites (tertiary alicyclic amines) is 2. The number of piperidine rings is 2. The van der Waals surface area contributed by atoms with Crippen molar-refractivity contribution in [2.75, 3.05) is 26.2 Å². The quantitative estimate of drug-likeness (QED) is 0.862. The monoisotopic (exact) mass is 390 g/mol. The lowest BCUT2D eigenvalue weighted by Crippen LogP contribution is -2.49. The molecule has 3 fully saturated rings. The van der Waals surface area contributed by atoms with E-state index in [9.17, 15) is 9.59 Å². The smallest absolute Gasteiger partial charge is 0.254 e. The van der Waals surface area contributed by atoms with Gasteiger partial charge in [0.15, 0.2) is 0 Å². The summed E-state index contributed by atoms with van der Waals surface area (Å²) in [6.45, 7) is 1.90. The maximum absolute atomic E-state index is 13.2. The van der Waals surface area contributed by atoms with E-state index in [-0.39, 0.29) is 11.8 Å². The normalized spacial score (nSPS) is 26.7. The molecule has 2 atom stereocenters. The molecule has 2 aliphatic heterocycles. The third-order valence-corrected chi connectivity index (χ3v) is 7.85. The molecule has 4 rings (SSSR count). The summed E-state index contributed by atoms with van der Waals surface area (Å²) in [5.41, 5.74) is 0.857. The average Bonchev–Trinajstić information content (AvgIpc) is 3.22. The van der Waals surface area contributed by atoms with Crippen molar-refractivity contribution < 1.29 is 14.7 Å². The van der Waals surface area contributed by atoms with E-state index in [4.69, 9.17) is 5.11 Å². The van der Waals surface area contributed by atoms with Crippen LogP contribution in [0.4, 0.5) is 0 Å². The Labute approximate surface area is 165 Å². The Balaban J connectivity index is 1.40. The number of aliphatic hydroxyl groups excluding tert-OH is 1. The number of fused-ring (bicyclic) bond motifs is 1. The van der Waals surface area contributed by atoms with Crippen molar-refractivity contribution in [2.45, 2.75) is 63.3 Å². The molecule has 0 unspecified atom stereocenters. The second kappa shape index (κ2) is 8.31. The van der Waals surface area contributed by atoms with E-state index < -0.39 is 6.61 Å². The van der Waals surface area contributed by atoms with Gasteiger partial charge in [-0.1, -0.05) is 12.8 Å². The molecule has 0 aromatic carbocycles. The summed E-state index contributed by atoms with van der Waals surface area (Å²) < 4.78 is 0. The standard InChI is InChI=1S/C21H30N2O3S/c24-13-20(25)22-10-7-16(8-11-22)19-12-17(14-27-19)21(26)23-9-3-5-15-4-1-2-6-18(15)23/h12,14-16,18,24H,1-11,13H2/t15-,18-/m1/s1. The lowest BCUT2D eigenvalue weighted by molar-refractivity contribution is -0.135. The summed E-state index contributed by atoms with van der Waals surface area (Å²) >= 11 is 1.69. The molecule has 3 heterocycles. The molecule has 6 heteroatoms. The van der Waals surface area contributed by atoms with Gasteiger partial charge in [-0.3, -0.25) is 9.59 Å². The number of carbonyl (C=O) groups excluding carboxylic acids is 2. The molecule has 0 spiro atoms. The first kappa shape index (κ1) is 18.9. The predicted molar refractivity (Wildman–Crippen MR) is 106 cm³/mol. The van der Waals surface area contributed by atoms with Crippen molar-refractivity contribution in [2.24, 2.45) is 5.92 Å². The number of aliphatic hydroxyl groups is 1. The molecular formula is C21H30N2O3S. The maximum atomic E-state index is 13.2. The van der Waals surface area contributed by atoms with E-state index in [0.29, 0.717) is 31.0 Å². The van der Waals surface area contributed by atoms with Gasteiger partial charge in [0, 0.05) is 35.9 Å². The van der Waals surface area contributed by atoms with Gasteiger partial charge in [0.05, 0.1) is 5.56 Å². The minimum atomic E-state index is -0.402. The van der Waals surface area contributed by atoms with Crippen molar-refractivity contribution in [3.05, 3.63) is 21.9 Å². The van der Waals surface area contributed by atoms with Crippen LogP contribution in [0.5, 0.6) is 0 Å². The topological polar surface area (TPSA) is 60.9 Å². The number of amides is 2. The molecule has 3 aliphatic rings. The first-order valence-corrected chi connectivity index (χ1v) is 11.3. The molecular weight excluding hydrogens is 360 g/mol. The van der Waals surface area contributed by atoms with Gasteiger partial charge >= 0.3 is 0 Å². The van der Waals surface area contributed by atoms with Gasteiger partial charge < -0.3 is 14.9 Å². The molecule has 0 bridgehead atoms. The van der Waals surface area contributed by atoms with Crippen molar-refractivity contribution >= 4 is 23.2 Å². The number of nitrogens with zero attached hydrogens (tertiary/aromatic N) is 2. The SMILES string of the molecule is O=C(CO)N1CCC(c2cc(C(=O)N3CCC[C@H]4CCCC[C@H]43)cs2)CC1. The first-order chi connectivity index (χ1) is 13.2. The van der Waals surface area contributed by atoms with E-state index in [1.807, 2.05) is 5.38 Å². The fourth-order valence-corrected chi connectivity index (χ4v) is 6.29. The summed E-state index contributed by atoms with van der Waals surface area (Å²) in [6, 6.07) is 2.56. The minimum Gasteiger partial charge on any atom is -0.387 e. The zero-order valence-corrected chi connectivity index (χ0v) is 16.8. The number of hydrogen-bond donors (Lipinski definition) is 1. The molecule has 1 aromatic rings. The van der Waals surface area contributed by atoms with Crippen LogP contribution < -0.4 is 0 Å². The van der Waals surface area contributed by atoms with Gasteiger partial charge in [-0.25, -0.2) is 0 Å². The molecule has 27 heavy (non-hydrogen) atoms. The molecule has 1 aliphatic carbocycles. The van der Waals surface area contributed by atoms with Gasteiger partial charge in [-0.15, -0.1) is 11.3 Å². The number of thiophene rings is 1. The van der Waals surface area contributed by atoms with Crippen LogP contribution in [0.1, 0.15) is 72.5 Å². The lowest BCUT2D eigenvalue weighted by Gasteiger charge is -2.44. The van der Waals surface area contributed by atoms with Crippen LogP contribution >= 0.6 is 11.3 Å². The molecule has 1 N–H and O–H groups in total. The average molecular weight is 391 g/mol. The Morgan fingerprint density at radius 1 is 1.04 bits per heavy atom. The fourth-order valence-electron chi connectivity index (χ4n) is 5.24. The largest absolute Gasteiger partial charge is 0.387 e. The van der Waals surface area contributed by atoms with Crippen molar-refractivity contribution in [3.8, 4) is 0 Å². The minimum absolute atomic E-state index is 0.178. The van der Waals surface area contributed by atoms with Crippen LogP contribution in [0.25, 0.3) is 0 Å². The molecule has 0 radical (unpaired) electrons. The summed E-state index contributed by atoms with van der Waals surface area (Å²) in [5, 5.41) is 11.0. The molecule has 5 nitrogen and oxygen atoms in total. The van der Waals surface area contributed by atoms with E-state index >= 15 is 0 Å². The second-order valence-electron chi connectivity index (χ2n) is 8.30. The predicted octanol–water partition coefficient (Wildman–Crippen LogP) is 3.24. The Kier molecular flexibility index (Phi) is 5.83. The van der Waals surface area contributed by atoms with Crippen LogP contribution in [0.3, 0.4) is 0 Å².